The number of carbonyl (C=O) groups excluding carboxylic acids is 1. The van der Waals surface area contributed by atoms with Crippen molar-refractivity contribution >= 4 is 17.5 Å². The Morgan fingerprint density at radius 2 is 2.00 bits per heavy atom. The third-order valence-corrected chi connectivity index (χ3v) is 5.29. The maximum Gasteiger partial charge on any atom is 0.251 e. The van der Waals surface area contributed by atoms with Gasteiger partial charge in [0, 0.05) is 23.2 Å². The predicted molar refractivity (Wildman–Crippen MR) is 85.7 cm³/mol. The van der Waals surface area contributed by atoms with Crippen LogP contribution in [0.5, 0.6) is 0 Å². The second-order valence-electron chi connectivity index (χ2n) is 6.49. The van der Waals surface area contributed by atoms with Crippen molar-refractivity contribution in [1.29, 1.82) is 0 Å². The van der Waals surface area contributed by atoms with Gasteiger partial charge in [0.05, 0.1) is 0 Å². The number of hydrogen-bond acceptors (Lipinski definition) is 2. The number of nitrogens with zero attached hydrogens (tertiary/aromatic N) is 1. The highest BCUT2D eigenvalue weighted by molar-refractivity contribution is 6.30. The summed E-state index contributed by atoms with van der Waals surface area (Å²) >= 11 is 5.88. The van der Waals surface area contributed by atoms with E-state index in [1.54, 1.807) is 24.3 Å². The van der Waals surface area contributed by atoms with E-state index in [2.05, 4.69) is 17.3 Å². The third-order valence-electron chi connectivity index (χ3n) is 5.04. The molecular weight excluding hydrogens is 284 g/mol. The highest BCUT2D eigenvalue weighted by Crippen LogP contribution is 2.36. The zero-order valence-corrected chi connectivity index (χ0v) is 13.3. The Kier molecular flexibility index (Phi) is 4.51. The van der Waals surface area contributed by atoms with E-state index in [1.165, 1.54) is 25.8 Å². The fraction of sp³-hybridized carbons (Fsp3) is 0.588. The molecular formula is C17H23ClN2O. The number of benzene rings is 1. The lowest BCUT2D eigenvalue weighted by Crippen LogP contribution is -2.52. The van der Waals surface area contributed by atoms with Crippen molar-refractivity contribution in [2.24, 2.45) is 11.8 Å². The van der Waals surface area contributed by atoms with Crippen LogP contribution in [0.25, 0.3) is 0 Å². The molecule has 3 atom stereocenters. The minimum Gasteiger partial charge on any atom is -0.349 e. The van der Waals surface area contributed by atoms with E-state index in [0.717, 1.165) is 18.9 Å². The summed E-state index contributed by atoms with van der Waals surface area (Å²) in [4.78, 5) is 14.8. The number of piperidine rings is 1. The van der Waals surface area contributed by atoms with Gasteiger partial charge in [-0.2, -0.15) is 0 Å². The van der Waals surface area contributed by atoms with Crippen LogP contribution in [-0.2, 0) is 0 Å². The Morgan fingerprint density at radius 1 is 1.24 bits per heavy atom. The van der Waals surface area contributed by atoms with Gasteiger partial charge in [-0.25, -0.2) is 0 Å². The average Bonchev–Trinajstić information content (AvgIpc) is 2.48. The lowest BCUT2D eigenvalue weighted by Gasteiger charge is -2.44. The van der Waals surface area contributed by atoms with Crippen molar-refractivity contribution in [2.45, 2.75) is 31.7 Å². The SMILES string of the molecule is CN1CC[C@H]2CCCC(NC(=O)c3ccc(Cl)cc3)[C@H]2C1. The number of likely N-dealkylation sites (tertiary alicyclic amines) is 1. The number of halogens is 1. The first-order valence-corrected chi connectivity index (χ1v) is 8.26. The van der Waals surface area contributed by atoms with Gasteiger partial charge in [0.25, 0.3) is 5.91 Å². The molecule has 0 aromatic heterocycles. The van der Waals surface area contributed by atoms with E-state index in [1.807, 2.05) is 0 Å². The smallest absolute Gasteiger partial charge is 0.251 e. The minimum atomic E-state index is 0.0329. The van der Waals surface area contributed by atoms with Gasteiger partial charge >= 0.3 is 0 Å². The highest BCUT2D eigenvalue weighted by atomic mass is 35.5. The second kappa shape index (κ2) is 6.37. The van der Waals surface area contributed by atoms with Crippen LogP contribution < -0.4 is 5.32 Å². The first-order chi connectivity index (χ1) is 10.1. The molecule has 1 unspecified atom stereocenters. The fourth-order valence-electron chi connectivity index (χ4n) is 3.86. The van der Waals surface area contributed by atoms with E-state index in [9.17, 15) is 4.79 Å². The van der Waals surface area contributed by atoms with Gasteiger partial charge in [0.2, 0.25) is 0 Å². The number of carbonyl (C=O) groups is 1. The molecule has 3 rings (SSSR count). The summed E-state index contributed by atoms with van der Waals surface area (Å²) < 4.78 is 0. The number of rotatable bonds is 2. The predicted octanol–water partition coefficient (Wildman–Crippen LogP) is 3.19. The summed E-state index contributed by atoms with van der Waals surface area (Å²) in [6.07, 6.45) is 4.94. The van der Waals surface area contributed by atoms with E-state index in [4.69, 9.17) is 11.6 Å². The van der Waals surface area contributed by atoms with E-state index in [-0.39, 0.29) is 5.91 Å². The first kappa shape index (κ1) is 14.9. The van der Waals surface area contributed by atoms with Crippen molar-refractivity contribution in [1.82, 2.24) is 10.2 Å². The van der Waals surface area contributed by atoms with Gasteiger partial charge in [-0.15, -0.1) is 0 Å². The Balaban J connectivity index is 1.68. The Morgan fingerprint density at radius 3 is 2.76 bits per heavy atom. The van der Waals surface area contributed by atoms with Crippen LogP contribution in [0.15, 0.2) is 24.3 Å². The largest absolute Gasteiger partial charge is 0.349 e. The zero-order chi connectivity index (χ0) is 14.8. The van der Waals surface area contributed by atoms with Crippen molar-refractivity contribution in [2.75, 3.05) is 20.1 Å². The lowest BCUT2D eigenvalue weighted by molar-refractivity contribution is 0.0650. The van der Waals surface area contributed by atoms with Gasteiger partial charge < -0.3 is 10.2 Å². The molecule has 0 radical (unpaired) electrons. The molecule has 21 heavy (non-hydrogen) atoms. The van der Waals surface area contributed by atoms with Crippen molar-refractivity contribution in [3.05, 3.63) is 34.9 Å². The molecule has 4 heteroatoms. The standard InChI is InChI=1S/C17H23ClN2O/c1-20-10-9-12-3-2-4-16(15(12)11-20)19-17(21)13-5-7-14(18)8-6-13/h5-8,12,15-16H,2-4,9-11H2,1H3,(H,19,21)/t12-,15+,16?/m1/s1. The molecule has 2 aliphatic rings. The molecule has 2 fully saturated rings. The molecule has 1 aliphatic heterocycles. The van der Waals surface area contributed by atoms with E-state index < -0.39 is 0 Å². The molecule has 1 saturated carbocycles. The van der Waals surface area contributed by atoms with E-state index >= 15 is 0 Å². The van der Waals surface area contributed by atoms with Crippen LogP contribution in [0.1, 0.15) is 36.0 Å². The molecule has 1 heterocycles. The molecule has 3 nitrogen and oxygen atoms in total. The molecule has 1 N–H and O–H groups in total. The van der Waals surface area contributed by atoms with Crippen LogP contribution in [0.4, 0.5) is 0 Å². The minimum absolute atomic E-state index is 0.0329. The third kappa shape index (κ3) is 3.41. The molecule has 1 amide bonds. The molecule has 1 aromatic rings. The lowest BCUT2D eigenvalue weighted by atomic mass is 9.72. The Hall–Kier alpha value is -1.06. The molecule has 1 aromatic carbocycles. The van der Waals surface area contributed by atoms with Crippen LogP contribution in [0.3, 0.4) is 0 Å². The fourth-order valence-corrected chi connectivity index (χ4v) is 3.99. The quantitative estimate of drug-likeness (QED) is 0.910. The highest BCUT2D eigenvalue weighted by Gasteiger charge is 2.37. The molecule has 0 spiro atoms. The number of amides is 1. The van der Waals surface area contributed by atoms with Crippen molar-refractivity contribution in [3.8, 4) is 0 Å². The zero-order valence-electron chi connectivity index (χ0n) is 12.5. The summed E-state index contributed by atoms with van der Waals surface area (Å²) in [5, 5.41) is 3.93. The van der Waals surface area contributed by atoms with Gasteiger partial charge in [0.1, 0.15) is 0 Å². The van der Waals surface area contributed by atoms with Gasteiger partial charge in [0.15, 0.2) is 0 Å². The average molecular weight is 307 g/mol. The van der Waals surface area contributed by atoms with Gasteiger partial charge in [-0.3, -0.25) is 4.79 Å². The molecule has 1 saturated heterocycles. The second-order valence-corrected chi connectivity index (χ2v) is 6.93. The van der Waals surface area contributed by atoms with Crippen molar-refractivity contribution in [3.63, 3.8) is 0 Å². The first-order valence-electron chi connectivity index (χ1n) is 7.88. The maximum atomic E-state index is 12.4. The molecule has 114 valence electrons. The molecule has 0 bridgehead atoms. The Bertz CT molecular complexity index is 502. The molecule has 1 aliphatic carbocycles. The number of hydrogen-bond donors (Lipinski definition) is 1. The van der Waals surface area contributed by atoms with E-state index in [0.29, 0.717) is 22.5 Å². The maximum absolute atomic E-state index is 12.4. The topological polar surface area (TPSA) is 32.3 Å². The normalized spacial score (nSPS) is 29.7. The summed E-state index contributed by atoms with van der Waals surface area (Å²) in [7, 11) is 2.18. The van der Waals surface area contributed by atoms with Crippen LogP contribution in [-0.4, -0.2) is 37.0 Å². The summed E-state index contributed by atoms with van der Waals surface area (Å²) in [6.45, 7) is 2.30. The monoisotopic (exact) mass is 306 g/mol. The van der Waals surface area contributed by atoms with Crippen LogP contribution >= 0.6 is 11.6 Å². The van der Waals surface area contributed by atoms with Crippen molar-refractivity contribution < 1.29 is 4.79 Å². The van der Waals surface area contributed by atoms with Crippen LogP contribution in [0, 0.1) is 11.8 Å². The Labute approximate surface area is 131 Å². The van der Waals surface area contributed by atoms with Gasteiger partial charge in [-0.05, 0) is 69.0 Å². The van der Waals surface area contributed by atoms with Gasteiger partial charge in [-0.1, -0.05) is 18.0 Å². The summed E-state index contributed by atoms with van der Waals surface area (Å²) in [5.41, 5.74) is 0.700. The number of nitrogens with one attached hydrogen (secondary N) is 1. The number of fused-ring (bicyclic) bond motifs is 1. The van der Waals surface area contributed by atoms with Crippen LogP contribution in [0.2, 0.25) is 5.02 Å². The summed E-state index contributed by atoms with van der Waals surface area (Å²) in [6, 6.07) is 7.45. The summed E-state index contributed by atoms with van der Waals surface area (Å²) in [5.74, 6) is 1.42.